The summed E-state index contributed by atoms with van der Waals surface area (Å²) >= 11 is 0. The highest BCUT2D eigenvalue weighted by Crippen LogP contribution is 2.65. The van der Waals surface area contributed by atoms with Gasteiger partial charge < -0.3 is 72.2 Å². The first kappa shape index (κ1) is 57.1. The monoisotopic (exact) mass is 1020 g/mol. The average molecular weight is 1020 g/mol. The van der Waals surface area contributed by atoms with Crippen LogP contribution < -0.4 is 48.7 Å². The molecular formula is C49H70BN9O14. The maximum atomic E-state index is 14.2. The number of hydrogen-bond acceptors (Lipinski definition) is 15. The number of methoxy groups -OCH3 is 1. The van der Waals surface area contributed by atoms with E-state index in [2.05, 4.69) is 51.1 Å². The Balaban J connectivity index is 1.27. The minimum absolute atomic E-state index is 0.0498. The van der Waals surface area contributed by atoms with Crippen LogP contribution in [0, 0.1) is 23.2 Å². The molecule has 10 atom stereocenters. The number of rotatable bonds is 25. The molecule has 24 heteroatoms. The van der Waals surface area contributed by atoms with Crippen molar-refractivity contribution in [1.29, 1.82) is 0 Å². The molecule has 2 aromatic rings. The third-order valence-corrected chi connectivity index (χ3v) is 13.7. The number of hydrogen-bond donors (Lipinski definition) is 9. The highest BCUT2D eigenvalue weighted by molar-refractivity contribution is 6.48. The number of ether oxygens (including phenoxy) is 3. The van der Waals surface area contributed by atoms with E-state index >= 15 is 0 Å². The van der Waals surface area contributed by atoms with Gasteiger partial charge in [0.1, 0.15) is 36.9 Å². The van der Waals surface area contributed by atoms with Gasteiger partial charge in [-0.3, -0.25) is 33.6 Å². The van der Waals surface area contributed by atoms with Crippen LogP contribution in [-0.2, 0) is 70.1 Å². The zero-order valence-electron chi connectivity index (χ0n) is 42.4. The molecule has 23 nitrogen and oxygen atoms in total. The Morgan fingerprint density at radius 1 is 0.753 bits per heavy atom. The average Bonchev–Trinajstić information content (AvgIpc) is 3.72. The number of alkyl carbamates (subject to hydrolysis) is 2. The normalized spacial score (nSPS) is 21.7. The first-order valence-electron chi connectivity index (χ1n) is 24.4. The molecule has 4 aliphatic rings. The number of benzene rings is 2. The fraction of sp³-hybridized carbons (Fsp3) is 0.571. The second kappa shape index (κ2) is 25.7. The highest BCUT2D eigenvalue weighted by atomic mass is 16.7. The smallest absolute Gasteiger partial charge is 0.460 e. The zero-order chi connectivity index (χ0) is 53.6. The summed E-state index contributed by atoms with van der Waals surface area (Å²) < 4.78 is 29.1. The Kier molecular flexibility index (Phi) is 20.1. The van der Waals surface area contributed by atoms with Crippen molar-refractivity contribution in [3.8, 4) is 0 Å². The van der Waals surface area contributed by atoms with Gasteiger partial charge in [0.2, 0.25) is 35.4 Å². The van der Waals surface area contributed by atoms with Crippen LogP contribution in [0.5, 0.6) is 0 Å². The molecular weight excluding hydrogens is 949 g/mol. The van der Waals surface area contributed by atoms with Gasteiger partial charge in [-0.15, -0.1) is 0 Å². The van der Waals surface area contributed by atoms with Crippen LogP contribution in [0.1, 0.15) is 78.4 Å². The Morgan fingerprint density at radius 2 is 1.41 bits per heavy atom. The van der Waals surface area contributed by atoms with E-state index in [4.69, 9.17) is 35.0 Å². The van der Waals surface area contributed by atoms with Crippen molar-refractivity contribution in [2.45, 2.75) is 128 Å². The number of esters is 1. The lowest BCUT2D eigenvalue weighted by Gasteiger charge is -2.64. The Bertz CT molecular complexity index is 2290. The third kappa shape index (κ3) is 15.9. The molecule has 398 valence electrons. The van der Waals surface area contributed by atoms with Gasteiger partial charge in [-0.1, -0.05) is 88.4 Å². The summed E-state index contributed by atoms with van der Waals surface area (Å²) in [4.78, 5) is 117. The van der Waals surface area contributed by atoms with Crippen LogP contribution in [0.4, 0.5) is 9.59 Å². The number of nitrogens with one attached hydrogen (secondary N) is 7. The summed E-state index contributed by atoms with van der Waals surface area (Å²) in [5, 5.41) is 17.3. The van der Waals surface area contributed by atoms with Crippen molar-refractivity contribution in [3.05, 3.63) is 71.8 Å². The molecule has 0 radical (unpaired) electrons. The maximum Gasteiger partial charge on any atom is 0.482 e. The first-order chi connectivity index (χ1) is 34.5. The van der Waals surface area contributed by atoms with Gasteiger partial charge >= 0.3 is 25.3 Å². The zero-order valence-corrected chi connectivity index (χ0v) is 42.4. The molecule has 1 heterocycles. The lowest BCUT2D eigenvalue weighted by molar-refractivity contribution is -0.199. The number of primary amides is 1. The predicted molar refractivity (Wildman–Crippen MR) is 263 cm³/mol. The highest BCUT2D eigenvalue weighted by Gasteiger charge is 2.68. The lowest BCUT2D eigenvalue weighted by Crippen LogP contribution is -2.65. The molecule has 6 rings (SSSR count). The van der Waals surface area contributed by atoms with Gasteiger partial charge in [0.05, 0.1) is 44.3 Å². The maximum absolute atomic E-state index is 14.2. The van der Waals surface area contributed by atoms with Gasteiger partial charge in [-0.2, -0.15) is 0 Å². The van der Waals surface area contributed by atoms with Crippen LogP contribution in [0.25, 0.3) is 0 Å². The molecule has 1 aliphatic heterocycles. The number of carbonyl (C=O) groups excluding carboxylic acids is 9. The van der Waals surface area contributed by atoms with E-state index in [9.17, 15) is 43.2 Å². The fourth-order valence-electron chi connectivity index (χ4n) is 9.56. The van der Waals surface area contributed by atoms with E-state index < -0.39 is 129 Å². The van der Waals surface area contributed by atoms with Crippen molar-refractivity contribution < 1.29 is 66.7 Å². The molecule has 1 saturated heterocycles. The third-order valence-electron chi connectivity index (χ3n) is 13.7. The molecule has 0 unspecified atom stereocenters. The SMILES string of the molecule is COC(=O)N[C@@H](CC(=O)O[C@H](C)[C@H](NC(=O)OCc1ccccc1)C(=O)NC[C@H](N)C(=O)N[C@@H](CC(C)C)C(=O)NCC(=O)NCC(N)=O)C(=O)N[C@H](Cc1ccccc1)B1O[C@@H]2C[C@@H]3C[C@@H](C3(C)C)[C@]2(C)O1. The first-order valence-corrected chi connectivity index (χ1v) is 24.4. The van der Waals surface area contributed by atoms with Crippen LogP contribution in [0.3, 0.4) is 0 Å². The summed E-state index contributed by atoms with van der Waals surface area (Å²) in [6.45, 7) is 9.69. The van der Waals surface area contributed by atoms with E-state index in [1.807, 2.05) is 37.3 Å². The predicted octanol–water partition coefficient (Wildman–Crippen LogP) is 0.0149. The second-order valence-corrected chi connectivity index (χ2v) is 19.9. The van der Waals surface area contributed by atoms with E-state index in [1.54, 1.807) is 44.2 Å². The van der Waals surface area contributed by atoms with Crippen LogP contribution >= 0.6 is 0 Å². The minimum Gasteiger partial charge on any atom is -0.460 e. The number of amides is 8. The van der Waals surface area contributed by atoms with Gasteiger partial charge in [-0.25, -0.2) is 9.59 Å². The topological polar surface area (TPSA) is 336 Å². The summed E-state index contributed by atoms with van der Waals surface area (Å²) in [6.07, 6.45) is -2.37. The molecule has 73 heavy (non-hydrogen) atoms. The molecule has 11 N–H and O–H groups in total. The Labute approximate surface area is 424 Å². The number of carbonyl (C=O) groups is 9. The summed E-state index contributed by atoms with van der Waals surface area (Å²) in [6, 6.07) is 12.1. The van der Waals surface area contributed by atoms with Gasteiger partial charge in [0.15, 0.2) is 0 Å². The van der Waals surface area contributed by atoms with Crippen LogP contribution in [0.2, 0.25) is 0 Å². The minimum atomic E-state index is -1.68. The summed E-state index contributed by atoms with van der Waals surface area (Å²) in [7, 11) is 0.202. The van der Waals surface area contributed by atoms with Crippen molar-refractivity contribution in [2.24, 2.45) is 34.6 Å². The van der Waals surface area contributed by atoms with Crippen molar-refractivity contribution in [2.75, 3.05) is 26.7 Å². The van der Waals surface area contributed by atoms with Crippen LogP contribution in [0.15, 0.2) is 60.7 Å². The number of nitrogens with two attached hydrogens (primary N) is 2. The summed E-state index contributed by atoms with van der Waals surface area (Å²) in [5.74, 6) is -6.12. The van der Waals surface area contributed by atoms with E-state index in [0.29, 0.717) is 11.5 Å². The molecule has 8 amide bonds. The van der Waals surface area contributed by atoms with Crippen LogP contribution in [-0.4, -0.2) is 135 Å². The molecule has 2 bridgehead atoms. The lowest BCUT2D eigenvalue weighted by atomic mass is 9.43. The molecule has 4 fully saturated rings. The molecule has 2 aromatic carbocycles. The largest absolute Gasteiger partial charge is 0.482 e. The molecule has 0 aromatic heterocycles. The second-order valence-electron chi connectivity index (χ2n) is 19.9. The van der Waals surface area contributed by atoms with Gasteiger partial charge in [-0.05, 0) is 73.8 Å². The van der Waals surface area contributed by atoms with Crippen molar-refractivity contribution >= 4 is 60.7 Å². The molecule has 3 saturated carbocycles. The van der Waals surface area contributed by atoms with E-state index in [-0.39, 0.29) is 42.8 Å². The molecule has 0 spiro atoms. The molecule has 3 aliphatic carbocycles. The van der Waals surface area contributed by atoms with Gasteiger partial charge in [0.25, 0.3) is 0 Å². The standard InChI is InChI=1S/C49H70BN9O14/c1-27(2)18-33(43(64)55-25-39(61)53-24-38(52)60)56-42(63)32(51)23-54-45(66)41(59-47(68)70-26-30-16-12-9-13-17-30)28(3)71-40(62)22-34(57-46(67)69-7)44(65)58-37(19-29-14-10-8-11-15-29)50-72-36-21-31-20-35(48(31,4)5)49(36,6)73-50/h8-17,27-28,31-37,41H,18-26,51H2,1-7H3,(H2,52,60)(H,53,61)(H,54,66)(H,55,64)(H,56,63)(H,57,67)(H,58,65)(H,59,68)/t28-,31+,32+,33+,34+,35+,36-,37-,41+,49+/m1/s1. The summed E-state index contributed by atoms with van der Waals surface area (Å²) in [5.41, 5.74) is 12.1. The van der Waals surface area contributed by atoms with Crippen molar-refractivity contribution in [3.63, 3.8) is 0 Å². The quantitative estimate of drug-likeness (QED) is 0.0360. The van der Waals surface area contributed by atoms with E-state index in [1.165, 1.54) is 6.92 Å². The van der Waals surface area contributed by atoms with Gasteiger partial charge in [0, 0.05) is 6.54 Å². The Morgan fingerprint density at radius 3 is 2.03 bits per heavy atom. The Hall–Kier alpha value is -6.79. The fourth-order valence-corrected chi connectivity index (χ4v) is 9.56. The van der Waals surface area contributed by atoms with Crippen molar-refractivity contribution in [1.82, 2.24) is 37.2 Å². The van der Waals surface area contributed by atoms with E-state index in [0.717, 1.165) is 25.5 Å².